The van der Waals surface area contributed by atoms with Gasteiger partial charge in [0.2, 0.25) is 0 Å². The number of hydrogen-bond acceptors (Lipinski definition) is 2. The molecule has 2 aliphatic rings. The van der Waals surface area contributed by atoms with Crippen molar-refractivity contribution in [2.45, 2.75) is 51.1 Å². The van der Waals surface area contributed by atoms with Crippen LogP contribution in [0.4, 0.5) is 0 Å². The van der Waals surface area contributed by atoms with Gasteiger partial charge in [0.25, 0.3) is 0 Å². The molecule has 2 nitrogen and oxygen atoms in total. The van der Waals surface area contributed by atoms with Crippen LogP contribution >= 0.6 is 12.4 Å². The van der Waals surface area contributed by atoms with Crippen LogP contribution in [0.5, 0.6) is 0 Å². The maximum Gasteiger partial charge on any atom is 0.0233 e. The summed E-state index contributed by atoms with van der Waals surface area (Å²) in [6, 6.07) is 11.7. The number of benzene rings is 1. The minimum absolute atomic E-state index is 0. The van der Waals surface area contributed by atoms with Gasteiger partial charge >= 0.3 is 0 Å². The summed E-state index contributed by atoms with van der Waals surface area (Å²) in [4.78, 5) is 2.61. The molecule has 0 bridgehead atoms. The first-order valence-electron chi connectivity index (χ1n) is 8.40. The Bertz CT molecular complexity index is 381. The molecule has 1 aliphatic heterocycles. The molecule has 0 unspecified atom stereocenters. The molecule has 21 heavy (non-hydrogen) atoms. The highest BCUT2D eigenvalue weighted by Crippen LogP contribution is 2.21. The van der Waals surface area contributed by atoms with Gasteiger partial charge in [-0.1, -0.05) is 43.2 Å². The normalized spacial score (nSPS) is 21.3. The molecule has 1 aromatic carbocycles. The average molecular weight is 309 g/mol. The highest BCUT2D eigenvalue weighted by molar-refractivity contribution is 5.85. The predicted molar refractivity (Wildman–Crippen MR) is 91.9 cm³/mol. The Kier molecular flexibility index (Phi) is 7.01. The number of likely N-dealkylation sites (tertiary alicyclic amines) is 1. The van der Waals surface area contributed by atoms with Gasteiger partial charge in [-0.15, -0.1) is 12.4 Å². The van der Waals surface area contributed by atoms with E-state index in [2.05, 4.69) is 40.5 Å². The largest absolute Gasteiger partial charge is 0.314 e. The summed E-state index contributed by atoms with van der Waals surface area (Å²) in [5.74, 6) is 0.905. The van der Waals surface area contributed by atoms with E-state index in [1.807, 2.05) is 0 Å². The second-order valence-electron chi connectivity index (χ2n) is 6.59. The monoisotopic (exact) mass is 308 g/mol. The Morgan fingerprint density at radius 1 is 0.952 bits per heavy atom. The zero-order valence-electron chi connectivity index (χ0n) is 13.0. The van der Waals surface area contributed by atoms with Crippen LogP contribution in [-0.4, -0.2) is 30.6 Å². The molecule has 3 heteroatoms. The Balaban J connectivity index is 0.00000161. The first-order valence-corrected chi connectivity index (χ1v) is 8.40. The summed E-state index contributed by atoms with van der Waals surface area (Å²) < 4.78 is 0. The lowest BCUT2D eigenvalue weighted by Crippen LogP contribution is -2.39. The zero-order valence-corrected chi connectivity index (χ0v) is 13.8. The van der Waals surface area contributed by atoms with Crippen molar-refractivity contribution in [2.75, 3.05) is 19.6 Å². The number of nitrogens with zero attached hydrogens (tertiary/aromatic N) is 1. The fourth-order valence-electron chi connectivity index (χ4n) is 3.65. The number of nitrogens with one attached hydrogen (secondary N) is 1. The molecule has 1 saturated heterocycles. The van der Waals surface area contributed by atoms with Crippen LogP contribution in [0.25, 0.3) is 0 Å². The second kappa shape index (κ2) is 8.77. The predicted octanol–water partition coefficient (Wildman–Crippen LogP) is 3.85. The first-order chi connectivity index (χ1) is 9.90. The van der Waals surface area contributed by atoms with Crippen LogP contribution in [0.15, 0.2) is 30.3 Å². The van der Waals surface area contributed by atoms with Gasteiger partial charge in [0.15, 0.2) is 0 Å². The highest BCUT2D eigenvalue weighted by Gasteiger charge is 2.21. The van der Waals surface area contributed by atoms with Gasteiger partial charge in [0.1, 0.15) is 0 Å². The lowest BCUT2D eigenvalue weighted by Gasteiger charge is -2.32. The summed E-state index contributed by atoms with van der Waals surface area (Å²) in [6.45, 7) is 4.92. The van der Waals surface area contributed by atoms with E-state index in [1.54, 1.807) is 0 Å². The fourth-order valence-corrected chi connectivity index (χ4v) is 3.65. The van der Waals surface area contributed by atoms with Crippen molar-refractivity contribution < 1.29 is 0 Å². The van der Waals surface area contributed by atoms with Crippen molar-refractivity contribution in [3.05, 3.63) is 35.9 Å². The van der Waals surface area contributed by atoms with E-state index in [0.717, 1.165) is 18.5 Å². The summed E-state index contributed by atoms with van der Waals surface area (Å²) in [5.41, 5.74) is 1.45. The average Bonchev–Trinajstić information content (AvgIpc) is 3.01. The molecule has 1 aliphatic carbocycles. The molecule has 0 spiro atoms. The van der Waals surface area contributed by atoms with E-state index in [4.69, 9.17) is 0 Å². The van der Waals surface area contributed by atoms with Crippen LogP contribution in [0.1, 0.15) is 44.1 Å². The summed E-state index contributed by atoms with van der Waals surface area (Å²) >= 11 is 0. The van der Waals surface area contributed by atoms with Gasteiger partial charge in [-0.25, -0.2) is 0 Å². The highest BCUT2D eigenvalue weighted by atomic mass is 35.5. The third-order valence-electron chi connectivity index (χ3n) is 5.01. The van der Waals surface area contributed by atoms with E-state index in [1.165, 1.54) is 63.7 Å². The molecule has 1 heterocycles. The molecule has 0 atom stereocenters. The van der Waals surface area contributed by atoms with Crippen LogP contribution < -0.4 is 5.32 Å². The van der Waals surface area contributed by atoms with Crippen molar-refractivity contribution >= 4 is 12.4 Å². The van der Waals surface area contributed by atoms with Gasteiger partial charge in [-0.3, -0.25) is 4.90 Å². The molecule has 0 amide bonds. The van der Waals surface area contributed by atoms with Crippen LogP contribution in [0.2, 0.25) is 0 Å². The molecule has 2 fully saturated rings. The van der Waals surface area contributed by atoms with Gasteiger partial charge in [-0.05, 0) is 56.8 Å². The minimum Gasteiger partial charge on any atom is -0.314 e. The topological polar surface area (TPSA) is 15.3 Å². The van der Waals surface area contributed by atoms with E-state index in [9.17, 15) is 0 Å². The van der Waals surface area contributed by atoms with Crippen LogP contribution in [0.3, 0.4) is 0 Å². The molecule has 1 saturated carbocycles. The third-order valence-corrected chi connectivity index (χ3v) is 5.01. The minimum atomic E-state index is 0. The van der Waals surface area contributed by atoms with E-state index >= 15 is 0 Å². The first kappa shape index (κ1) is 16.8. The summed E-state index contributed by atoms with van der Waals surface area (Å²) in [5, 5.41) is 3.80. The molecule has 1 aromatic rings. The van der Waals surface area contributed by atoms with Crippen molar-refractivity contribution in [2.24, 2.45) is 5.92 Å². The maximum atomic E-state index is 3.80. The van der Waals surface area contributed by atoms with E-state index in [0.29, 0.717) is 0 Å². The van der Waals surface area contributed by atoms with Crippen LogP contribution in [0, 0.1) is 5.92 Å². The van der Waals surface area contributed by atoms with E-state index < -0.39 is 0 Å². The smallest absolute Gasteiger partial charge is 0.0233 e. The van der Waals surface area contributed by atoms with Crippen LogP contribution in [-0.2, 0) is 6.54 Å². The molecule has 1 N–H and O–H groups in total. The summed E-state index contributed by atoms with van der Waals surface area (Å²) in [6.07, 6.45) is 8.43. The second-order valence-corrected chi connectivity index (χ2v) is 6.59. The fraction of sp³-hybridized carbons (Fsp3) is 0.667. The lowest BCUT2D eigenvalue weighted by atomic mass is 9.96. The number of rotatable bonds is 5. The van der Waals surface area contributed by atoms with Gasteiger partial charge in [0, 0.05) is 12.6 Å². The quantitative estimate of drug-likeness (QED) is 0.889. The molecule has 0 aromatic heterocycles. The Morgan fingerprint density at radius 3 is 2.29 bits per heavy atom. The van der Waals surface area contributed by atoms with Gasteiger partial charge < -0.3 is 5.32 Å². The molecule has 3 rings (SSSR count). The molecular weight excluding hydrogens is 280 g/mol. The van der Waals surface area contributed by atoms with Crippen molar-refractivity contribution in [3.8, 4) is 0 Å². The Morgan fingerprint density at radius 2 is 1.62 bits per heavy atom. The van der Waals surface area contributed by atoms with E-state index in [-0.39, 0.29) is 12.4 Å². The number of halogens is 1. The maximum absolute atomic E-state index is 3.80. The zero-order chi connectivity index (χ0) is 13.6. The van der Waals surface area contributed by atoms with Crippen molar-refractivity contribution in [1.82, 2.24) is 10.2 Å². The molecule has 0 radical (unpaired) electrons. The number of hydrogen-bond donors (Lipinski definition) is 1. The lowest BCUT2D eigenvalue weighted by molar-refractivity contribution is 0.173. The standard InChI is InChI=1S/C18H28N2.ClH/c1-2-6-17(7-3-1)15-20-12-10-16(11-13-20)14-19-18-8-4-5-9-18;/h1-3,6-7,16,18-19H,4-5,8-15H2;1H. The summed E-state index contributed by atoms with van der Waals surface area (Å²) in [7, 11) is 0. The van der Waals surface area contributed by atoms with Crippen molar-refractivity contribution in [1.29, 1.82) is 0 Å². The third kappa shape index (κ3) is 5.28. The Hall–Kier alpha value is -0.570. The molecular formula is C18H29ClN2. The molecule has 118 valence electrons. The van der Waals surface area contributed by atoms with Gasteiger partial charge in [0.05, 0.1) is 0 Å². The number of piperidine rings is 1. The Labute approximate surface area is 135 Å². The van der Waals surface area contributed by atoms with Gasteiger partial charge in [-0.2, -0.15) is 0 Å². The SMILES string of the molecule is Cl.c1ccc(CN2CCC(CNC3CCCC3)CC2)cc1. The van der Waals surface area contributed by atoms with Crippen molar-refractivity contribution in [3.63, 3.8) is 0 Å².